The first-order valence-electron chi connectivity index (χ1n) is 6.91. The second-order valence-corrected chi connectivity index (χ2v) is 6.61. The molecule has 0 radical (unpaired) electrons. The molecule has 1 aliphatic carbocycles. The van der Waals surface area contributed by atoms with Crippen LogP contribution in [-0.4, -0.2) is 30.3 Å². The minimum Gasteiger partial charge on any atom is -0.303 e. The van der Waals surface area contributed by atoms with E-state index < -0.39 is 0 Å². The summed E-state index contributed by atoms with van der Waals surface area (Å²) in [6, 6.07) is 0. The highest BCUT2D eigenvalue weighted by molar-refractivity contribution is 7.99. The van der Waals surface area contributed by atoms with Gasteiger partial charge in [0, 0.05) is 18.8 Å². The topological polar surface area (TPSA) is 24.1 Å². The minimum absolute atomic E-state index is 0.433. The number of hydrogen-bond donors (Lipinski definition) is 2. The summed E-state index contributed by atoms with van der Waals surface area (Å²) in [6.07, 6.45) is 8.62. The molecule has 1 saturated carbocycles. The van der Waals surface area contributed by atoms with Crippen LogP contribution in [0, 0.1) is 5.92 Å². The summed E-state index contributed by atoms with van der Waals surface area (Å²) in [7, 11) is 0. The van der Waals surface area contributed by atoms with Gasteiger partial charge in [0.15, 0.2) is 0 Å². The summed E-state index contributed by atoms with van der Waals surface area (Å²) < 4.78 is 0. The van der Waals surface area contributed by atoms with Crippen molar-refractivity contribution in [2.75, 3.05) is 24.7 Å². The summed E-state index contributed by atoms with van der Waals surface area (Å²) in [5, 5.41) is 7.29. The zero-order valence-electron chi connectivity index (χ0n) is 10.6. The highest BCUT2D eigenvalue weighted by Gasteiger charge is 2.40. The van der Waals surface area contributed by atoms with Crippen LogP contribution in [-0.2, 0) is 0 Å². The molecule has 2 nitrogen and oxygen atoms in total. The van der Waals surface area contributed by atoms with E-state index in [1.807, 2.05) is 0 Å². The Bertz CT molecular complexity index is 196. The number of rotatable bonds is 5. The van der Waals surface area contributed by atoms with E-state index in [0.29, 0.717) is 5.54 Å². The van der Waals surface area contributed by atoms with E-state index in [1.54, 1.807) is 0 Å². The molecule has 1 saturated heterocycles. The average Bonchev–Trinajstić information content (AvgIpc) is 2.81. The highest BCUT2D eigenvalue weighted by Crippen LogP contribution is 2.36. The maximum atomic E-state index is 3.77. The molecule has 0 aromatic heterocycles. The van der Waals surface area contributed by atoms with E-state index in [1.165, 1.54) is 56.6 Å². The van der Waals surface area contributed by atoms with Gasteiger partial charge in [0.2, 0.25) is 0 Å². The molecule has 0 amide bonds. The first-order valence-corrected chi connectivity index (χ1v) is 8.06. The summed E-state index contributed by atoms with van der Waals surface area (Å²) in [4.78, 5) is 0. The second-order valence-electron chi connectivity index (χ2n) is 5.22. The molecule has 0 bridgehead atoms. The standard InChI is InChI=1S/C13H26N2S/c1-2-16-9-8-13(10-14-11-15-13)12-6-4-3-5-7-12/h12,14-15H,2-11H2,1H3. The third kappa shape index (κ3) is 2.93. The summed E-state index contributed by atoms with van der Waals surface area (Å²) in [5.41, 5.74) is 0.433. The van der Waals surface area contributed by atoms with Crippen molar-refractivity contribution in [3.8, 4) is 0 Å². The van der Waals surface area contributed by atoms with Gasteiger partial charge < -0.3 is 5.32 Å². The van der Waals surface area contributed by atoms with E-state index in [0.717, 1.165) is 12.6 Å². The molecule has 16 heavy (non-hydrogen) atoms. The molecule has 1 aliphatic heterocycles. The minimum atomic E-state index is 0.433. The lowest BCUT2D eigenvalue weighted by Gasteiger charge is -2.39. The van der Waals surface area contributed by atoms with Gasteiger partial charge in [-0.2, -0.15) is 11.8 Å². The summed E-state index contributed by atoms with van der Waals surface area (Å²) in [6.45, 7) is 4.48. The molecular formula is C13H26N2S. The Balaban J connectivity index is 1.91. The summed E-state index contributed by atoms with van der Waals surface area (Å²) in [5.74, 6) is 3.50. The fourth-order valence-electron chi connectivity index (χ4n) is 3.31. The molecule has 0 spiro atoms. The number of hydrogen-bond acceptors (Lipinski definition) is 3. The van der Waals surface area contributed by atoms with Gasteiger partial charge in [-0.3, -0.25) is 5.32 Å². The zero-order valence-corrected chi connectivity index (χ0v) is 11.4. The molecule has 1 atom stereocenters. The van der Waals surface area contributed by atoms with Crippen molar-refractivity contribution in [2.45, 2.75) is 51.0 Å². The van der Waals surface area contributed by atoms with Crippen molar-refractivity contribution in [3.63, 3.8) is 0 Å². The van der Waals surface area contributed by atoms with Crippen LogP contribution < -0.4 is 10.6 Å². The zero-order chi connectivity index (χ0) is 11.3. The predicted molar refractivity (Wildman–Crippen MR) is 72.9 cm³/mol. The van der Waals surface area contributed by atoms with Crippen LogP contribution in [0.3, 0.4) is 0 Å². The maximum Gasteiger partial charge on any atom is 0.0459 e. The van der Waals surface area contributed by atoms with Gasteiger partial charge in [-0.05, 0) is 36.7 Å². The summed E-state index contributed by atoms with van der Waals surface area (Å²) >= 11 is 2.09. The first-order chi connectivity index (χ1) is 7.87. The van der Waals surface area contributed by atoms with Crippen LogP contribution in [0.2, 0.25) is 0 Å². The molecule has 94 valence electrons. The van der Waals surface area contributed by atoms with Crippen LogP contribution in [0.1, 0.15) is 45.4 Å². The fourth-order valence-corrected chi connectivity index (χ4v) is 4.11. The number of thioether (sulfide) groups is 1. The molecule has 3 heteroatoms. The van der Waals surface area contributed by atoms with Crippen LogP contribution in [0.4, 0.5) is 0 Å². The Hall–Kier alpha value is 0.270. The van der Waals surface area contributed by atoms with Gasteiger partial charge in [0.1, 0.15) is 0 Å². The monoisotopic (exact) mass is 242 g/mol. The molecule has 2 fully saturated rings. The molecule has 1 heterocycles. The molecule has 2 aliphatic rings. The molecule has 2 N–H and O–H groups in total. The third-order valence-corrected chi connectivity index (χ3v) is 5.19. The molecule has 2 rings (SSSR count). The SMILES string of the molecule is CCSCCC1(C2CCCCC2)CNCN1. The van der Waals surface area contributed by atoms with E-state index in [2.05, 4.69) is 29.3 Å². The lowest BCUT2D eigenvalue weighted by atomic mass is 9.73. The molecular weight excluding hydrogens is 216 g/mol. The predicted octanol–water partition coefficient (Wildman–Crippen LogP) is 2.60. The van der Waals surface area contributed by atoms with E-state index in [-0.39, 0.29) is 0 Å². The lowest BCUT2D eigenvalue weighted by molar-refractivity contribution is 0.188. The number of nitrogens with one attached hydrogen (secondary N) is 2. The van der Waals surface area contributed by atoms with Gasteiger partial charge in [0.25, 0.3) is 0 Å². The van der Waals surface area contributed by atoms with Crippen molar-refractivity contribution >= 4 is 11.8 Å². The van der Waals surface area contributed by atoms with E-state index in [9.17, 15) is 0 Å². The van der Waals surface area contributed by atoms with Gasteiger partial charge >= 0.3 is 0 Å². The normalized spacial score (nSPS) is 32.1. The van der Waals surface area contributed by atoms with E-state index >= 15 is 0 Å². The van der Waals surface area contributed by atoms with Crippen molar-refractivity contribution in [2.24, 2.45) is 5.92 Å². The van der Waals surface area contributed by atoms with Gasteiger partial charge in [-0.25, -0.2) is 0 Å². The Morgan fingerprint density at radius 3 is 2.69 bits per heavy atom. The van der Waals surface area contributed by atoms with Crippen molar-refractivity contribution in [3.05, 3.63) is 0 Å². The average molecular weight is 242 g/mol. The Morgan fingerprint density at radius 2 is 2.06 bits per heavy atom. The molecule has 0 aromatic rings. The van der Waals surface area contributed by atoms with Crippen LogP contribution in [0.5, 0.6) is 0 Å². The first kappa shape index (κ1) is 12.7. The van der Waals surface area contributed by atoms with E-state index in [4.69, 9.17) is 0 Å². The van der Waals surface area contributed by atoms with Crippen molar-refractivity contribution in [1.82, 2.24) is 10.6 Å². The van der Waals surface area contributed by atoms with Crippen LogP contribution >= 0.6 is 11.8 Å². The second kappa shape index (κ2) is 6.27. The third-order valence-electron chi connectivity index (χ3n) is 4.29. The highest BCUT2D eigenvalue weighted by atomic mass is 32.2. The van der Waals surface area contributed by atoms with Crippen molar-refractivity contribution in [1.29, 1.82) is 0 Å². The lowest BCUT2D eigenvalue weighted by Crippen LogP contribution is -2.50. The van der Waals surface area contributed by atoms with Crippen molar-refractivity contribution < 1.29 is 0 Å². The smallest absolute Gasteiger partial charge is 0.0459 e. The molecule has 1 unspecified atom stereocenters. The molecule has 0 aromatic carbocycles. The Morgan fingerprint density at radius 1 is 1.25 bits per heavy atom. The fraction of sp³-hybridized carbons (Fsp3) is 1.00. The van der Waals surface area contributed by atoms with Crippen LogP contribution in [0.25, 0.3) is 0 Å². The van der Waals surface area contributed by atoms with Gasteiger partial charge in [-0.1, -0.05) is 26.2 Å². The largest absolute Gasteiger partial charge is 0.303 e. The Labute approximate surface area is 104 Å². The van der Waals surface area contributed by atoms with Crippen LogP contribution in [0.15, 0.2) is 0 Å². The maximum absolute atomic E-state index is 3.77. The van der Waals surface area contributed by atoms with Gasteiger partial charge in [0.05, 0.1) is 0 Å². The Kier molecular flexibility index (Phi) is 4.98. The quantitative estimate of drug-likeness (QED) is 0.725. The van der Waals surface area contributed by atoms with Gasteiger partial charge in [-0.15, -0.1) is 0 Å².